The molecule has 3 unspecified atom stereocenters. The molecule has 1 aliphatic carbocycles. The van der Waals surface area contributed by atoms with E-state index < -0.39 is 23.8 Å². The number of carbonyl (C=O) groups excluding carboxylic acids is 1. The Morgan fingerprint density at radius 2 is 1.85 bits per heavy atom. The zero-order valence-electron chi connectivity index (χ0n) is 20.3. The molecule has 0 aliphatic heterocycles. The third-order valence-electron chi connectivity index (χ3n) is 6.53. The van der Waals surface area contributed by atoms with Crippen molar-refractivity contribution < 1.29 is 18.7 Å². The zero-order chi connectivity index (χ0) is 24.7. The van der Waals surface area contributed by atoms with Crippen LogP contribution in [0, 0.1) is 11.6 Å². The van der Waals surface area contributed by atoms with Crippen LogP contribution in [-0.4, -0.2) is 29.7 Å². The maximum Gasteiger partial charge on any atom is 0.217 e. The highest BCUT2D eigenvalue weighted by Crippen LogP contribution is 2.46. The first-order valence-corrected chi connectivity index (χ1v) is 12.1. The maximum atomic E-state index is 13.6. The topological polar surface area (TPSA) is 61.4 Å². The second-order valence-electron chi connectivity index (χ2n) is 9.46. The van der Waals surface area contributed by atoms with Crippen LogP contribution in [0.2, 0.25) is 0 Å². The molecule has 3 N–H and O–H groups in total. The molecule has 1 aliphatic rings. The second kappa shape index (κ2) is 11.7. The molecule has 0 aromatic heterocycles. The van der Waals surface area contributed by atoms with Crippen molar-refractivity contribution >= 4 is 5.91 Å². The number of halogens is 2. The number of nitrogens with one attached hydrogen (secondary N) is 2. The van der Waals surface area contributed by atoms with E-state index in [1.54, 1.807) is 0 Å². The minimum absolute atomic E-state index is 0.127. The van der Waals surface area contributed by atoms with E-state index in [9.17, 15) is 18.7 Å². The molecule has 0 saturated heterocycles. The quantitative estimate of drug-likeness (QED) is 0.378. The van der Waals surface area contributed by atoms with Crippen molar-refractivity contribution in [3.63, 3.8) is 0 Å². The van der Waals surface area contributed by atoms with E-state index in [1.165, 1.54) is 30.2 Å². The zero-order valence-corrected chi connectivity index (χ0v) is 20.3. The Hall–Kier alpha value is -2.57. The Morgan fingerprint density at radius 1 is 1.15 bits per heavy atom. The molecule has 1 saturated carbocycles. The number of amides is 1. The number of rotatable bonds is 12. The van der Waals surface area contributed by atoms with Crippen LogP contribution in [0.25, 0.3) is 0 Å². The molecule has 3 atom stereocenters. The molecule has 3 rings (SSSR count). The number of hydrogen-bond acceptors (Lipinski definition) is 3. The second-order valence-corrected chi connectivity index (χ2v) is 9.46. The van der Waals surface area contributed by atoms with Crippen LogP contribution in [0.4, 0.5) is 8.78 Å². The number of aliphatic hydroxyl groups is 1. The summed E-state index contributed by atoms with van der Waals surface area (Å²) in [5.74, 6) is -1.25. The van der Waals surface area contributed by atoms with Crippen LogP contribution in [0.1, 0.15) is 69.1 Å². The summed E-state index contributed by atoms with van der Waals surface area (Å²) in [6.07, 6.45) is 7.59. The Kier molecular flexibility index (Phi) is 8.97. The fraction of sp³-hybridized carbons (Fsp3) is 0.464. The van der Waals surface area contributed by atoms with Crippen molar-refractivity contribution in [1.82, 2.24) is 10.6 Å². The summed E-state index contributed by atoms with van der Waals surface area (Å²) in [5.41, 5.74) is 2.68. The van der Waals surface area contributed by atoms with Gasteiger partial charge in [0.1, 0.15) is 11.6 Å². The largest absolute Gasteiger partial charge is 0.390 e. The number of carbonyl (C=O) groups is 1. The fourth-order valence-corrected chi connectivity index (χ4v) is 4.41. The lowest BCUT2D eigenvalue weighted by Gasteiger charge is -2.27. The summed E-state index contributed by atoms with van der Waals surface area (Å²) in [4.78, 5) is 11.7. The van der Waals surface area contributed by atoms with E-state index in [1.807, 2.05) is 0 Å². The first-order valence-electron chi connectivity index (χ1n) is 12.1. The van der Waals surface area contributed by atoms with Gasteiger partial charge < -0.3 is 15.7 Å². The number of benzene rings is 2. The van der Waals surface area contributed by atoms with E-state index in [2.05, 4.69) is 60.9 Å². The highest BCUT2D eigenvalue weighted by Gasteiger charge is 2.44. The molecule has 0 heterocycles. The van der Waals surface area contributed by atoms with Crippen LogP contribution in [0.5, 0.6) is 0 Å². The van der Waals surface area contributed by atoms with Crippen LogP contribution in [-0.2, 0) is 16.8 Å². The van der Waals surface area contributed by atoms with Crippen LogP contribution in [0.15, 0.2) is 54.6 Å². The molecule has 6 heteroatoms. The van der Waals surface area contributed by atoms with Crippen LogP contribution in [0.3, 0.4) is 0 Å². The summed E-state index contributed by atoms with van der Waals surface area (Å²) in [5, 5.41) is 17.1. The summed E-state index contributed by atoms with van der Waals surface area (Å²) >= 11 is 0. The van der Waals surface area contributed by atoms with Crippen LogP contribution < -0.4 is 10.6 Å². The summed E-state index contributed by atoms with van der Waals surface area (Å²) in [6, 6.07) is 11.2. The lowest BCUT2D eigenvalue weighted by atomic mass is 9.93. The van der Waals surface area contributed by atoms with Crippen molar-refractivity contribution in [2.24, 2.45) is 0 Å². The van der Waals surface area contributed by atoms with Gasteiger partial charge in [0.05, 0.1) is 12.1 Å². The highest BCUT2D eigenvalue weighted by molar-refractivity contribution is 5.73. The molecule has 0 bridgehead atoms. The third kappa shape index (κ3) is 7.21. The van der Waals surface area contributed by atoms with Crippen molar-refractivity contribution in [2.45, 2.75) is 76.5 Å². The molecule has 184 valence electrons. The van der Waals surface area contributed by atoms with Crippen molar-refractivity contribution in [1.29, 1.82) is 0 Å². The van der Waals surface area contributed by atoms with Gasteiger partial charge in [-0.15, -0.1) is 0 Å². The summed E-state index contributed by atoms with van der Waals surface area (Å²) in [6.45, 7) is 5.97. The van der Waals surface area contributed by atoms with Gasteiger partial charge >= 0.3 is 0 Å². The van der Waals surface area contributed by atoms with Gasteiger partial charge in [0, 0.05) is 25.1 Å². The van der Waals surface area contributed by atoms with Gasteiger partial charge in [0.25, 0.3) is 0 Å². The van der Waals surface area contributed by atoms with Crippen molar-refractivity contribution in [2.75, 3.05) is 6.54 Å². The first-order chi connectivity index (χ1) is 16.2. The molecule has 34 heavy (non-hydrogen) atoms. The standard InChI is InChI=1S/C28H36F2N2O2/c1-4-5-6-8-19(2)22-9-7-10-23(16-22)28(11-12-28)31-18-27(34)26(32-20(3)33)15-21-13-24(29)17-25(30)14-21/h5-7,9-10,13-14,16-17,19,26-27,31,34H,4,8,11-12,15,18H2,1-3H3,(H,32,33)/b6-5-. The third-order valence-corrected chi connectivity index (χ3v) is 6.53. The van der Waals surface area contributed by atoms with E-state index in [0.717, 1.165) is 31.7 Å². The fourth-order valence-electron chi connectivity index (χ4n) is 4.41. The molecule has 4 nitrogen and oxygen atoms in total. The van der Waals surface area contributed by atoms with Crippen molar-refractivity contribution in [3.05, 3.63) is 82.9 Å². The smallest absolute Gasteiger partial charge is 0.217 e. The molecular weight excluding hydrogens is 434 g/mol. The van der Waals surface area contributed by atoms with Gasteiger partial charge in [-0.25, -0.2) is 8.78 Å². The number of aliphatic hydroxyl groups excluding tert-OH is 1. The highest BCUT2D eigenvalue weighted by atomic mass is 19.1. The maximum absolute atomic E-state index is 13.6. The van der Waals surface area contributed by atoms with Gasteiger partial charge in [-0.3, -0.25) is 4.79 Å². The van der Waals surface area contributed by atoms with Gasteiger partial charge in [-0.1, -0.05) is 50.3 Å². The summed E-state index contributed by atoms with van der Waals surface area (Å²) < 4.78 is 27.2. The normalized spacial score (nSPS) is 17.4. The Balaban J connectivity index is 1.67. The predicted octanol–water partition coefficient (Wildman–Crippen LogP) is 5.11. The average molecular weight is 471 g/mol. The van der Waals surface area contributed by atoms with Gasteiger partial charge in [0.2, 0.25) is 5.91 Å². The molecule has 0 spiro atoms. The van der Waals surface area contributed by atoms with E-state index in [-0.39, 0.29) is 24.4 Å². The van der Waals surface area contributed by atoms with Gasteiger partial charge in [-0.2, -0.15) is 0 Å². The molecule has 2 aromatic rings. The van der Waals surface area contributed by atoms with Crippen LogP contribution >= 0.6 is 0 Å². The molecular formula is C28H36F2N2O2. The lowest BCUT2D eigenvalue weighted by molar-refractivity contribution is -0.120. The average Bonchev–Trinajstić information content (AvgIpc) is 3.57. The molecule has 1 amide bonds. The Morgan fingerprint density at radius 3 is 2.47 bits per heavy atom. The number of allylic oxidation sites excluding steroid dienone is 2. The first kappa shape index (κ1) is 26.0. The summed E-state index contributed by atoms with van der Waals surface area (Å²) in [7, 11) is 0. The Bertz CT molecular complexity index is 983. The predicted molar refractivity (Wildman–Crippen MR) is 131 cm³/mol. The Labute approximate surface area is 201 Å². The minimum Gasteiger partial charge on any atom is -0.390 e. The molecule has 0 radical (unpaired) electrons. The van der Waals surface area contributed by atoms with E-state index in [4.69, 9.17) is 0 Å². The monoisotopic (exact) mass is 470 g/mol. The van der Waals surface area contributed by atoms with Gasteiger partial charge in [-0.05, 0) is 66.8 Å². The van der Waals surface area contributed by atoms with Crippen molar-refractivity contribution in [3.8, 4) is 0 Å². The SMILES string of the molecule is CC/C=C\CC(C)c1cccc(C2(NCC(O)C(Cc3cc(F)cc(F)c3)NC(C)=O)CC2)c1. The van der Waals surface area contributed by atoms with E-state index >= 15 is 0 Å². The van der Waals surface area contributed by atoms with E-state index in [0.29, 0.717) is 11.5 Å². The molecule has 2 aromatic carbocycles. The molecule has 1 fully saturated rings. The minimum atomic E-state index is -0.922. The number of hydrogen-bond donors (Lipinski definition) is 3. The van der Waals surface area contributed by atoms with Gasteiger partial charge in [0.15, 0.2) is 0 Å². The lowest BCUT2D eigenvalue weighted by Crippen LogP contribution is -2.49.